The number of nitrogens with zero attached hydrogens (tertiary/aromatic N) is 4. The normalized spacial score (nSPS) is 11.8. The fourth-order valence-corrected chi connectivity index (χ4v) is 5.17. The van der Waals surface area contributed by atoms with Crippen LogP contribution < -0.4 is 9.47 Å². The van der Waals surface area contributed by atoms with E-state index in [1.807, 2.05) is 4.57 Å². The van der Waals surface area contributed by atoms with E-state index in [2.05, 4.69) is 39.6 Å². The Morgan fingerprint density at radius 1 is 1.17 bits per heavy atom. The molecule has 0 saturated heterocycles. The van der Waals surface area contributed by atoms with Gasteiger partial charge in [0.15, 0.2) is 23.4 Å². The van der Waals surface area contributed by atoms with E-state index in [1.165, 1.54) is 11.8 Å². The summed E-state index contributed by atoms with van der Waals surface area (Å²) in [5.41, 5.74) is 2.23. The summed E-state index contributed by atoms with van der Waals surface area (Å²) in [7, 11) is 1.86. The number of ether oxygens (including phenoxy) is 4. The van der Waals surface area contributed by atoms with E-state index in [1.54, 1.807) is 32.5 Å². The third-order valence-electron chi connectivity index (χ3n) is 5.22. The second-order valence-corrected chi connectivity index (χ2v) is 17.3. The maximum atomic E-state index is 9.98. The van der Waals surface area contributed by atoms with E-state index >= 15 is 0 Å². The van der Waals surface area contributed by atoms with E-state index in [0.717, 1.165) is 6.04 Å². The number of benzene rings is 1. The number of aromatic nitrogens is 3. The summed E-state index contributed by atoms with van der Waals surface area (Å²) >= 11 is 8.25. The largest absolute Gasteiger partial charge is 0.493 e. The molecule has 11 heteroatoms. The van der Waals surface area contributed by atoms with E-state index < -0.39 is 8.07 Å². The van der Waals surface area contributed by atoms with Gasteiger partial charge >= 0.3 is 0 Å². The summed E-state index contributed by atoms with van der Waals surface area (Å²) in [4.78, 5) is 9.65. The van der Waals surface area contributed by atoms with E-state index in [0.29, 0.717) is 62.9 Å². The van der Waals surface area contributed by atoms with Crippen LogP contribution in [0.4, 0.5) is 0 Å². The molecule has 0 aliphatic carbocycles. The van der Waals surface area contributed by atoms with Gasteiger partial charge in [0, 0.05) is 44.9 Å². The predicted octanol–water partition coefficient (Wildman–Crippen LogP) is 6.43. The lowest BCUT2D eigenvalue weighted by atomic mass is 10.1. The lowest BCUT2D eigenvalue weighted by Gasteiger charge is -2.16. The average molecular weight is 549 g/mol. The lowest BCUT2D eigenvalue weighted by Crippen LogP contribution is -2.22. The van der Waals surface area contributed by atoms with Crippen LogP contribution in [0.5, 0.6) is 11.5 Å². The minimum Gasteiger partial charge on any atom is -0.493 e. The molecular formula is C25H33ClN4O4SSi. The van der Waals surface area contributed by atoms with Crippen LogP contribution in [0.2, 0.25) is 30.7 Å². The predicted molar refractivity (Wildman–Crippen MR) is 147 cm³/mol. The minimum atomic E-state index is -1.22. The third kappa shape index (κ3) is 6.92. The molecule has 0 atom stereocenters. The van der Waals surface area contributed by atoms with Gasteiger partial charge in [0.1, 0.15) is 18.4 Å². The third-order valence-corrected chi connectivity index (χ3v) is 8.11. The smallest absolute Gasteiger partial charge is 0.190 e. The number of thioether (sulfide) groups is 1. The summed E-state index contributed by atoms with van der Waals surface area (Å²) in [6, 6.07) is 6.78. The zero-order valence-corrected chi connectivity index (χ0v) is 24.4. The molecule has 36 heavy (non-hydrogen) atoms. The van der Waals surface area contributed by atoms with Gasteiger partial charge in [-0.2, -0.15) is 5.26 Å². The topological polar surface area (TPSA) is 91.4 Å². The zero-order valence-electron chi connectivity index (χ0n) is 21.8. The molecule has 2 heterocycles. The van der Waals surface area contributed by atoms with Crippen molar-refractivity contribution >= 4 is 42.5 Å². The summed E-state index contributed by atoms with van der Waals surface area (Å²) in [5.74, 6) is 0.924. The average Bonchev–Trinajstić information content (AvgIpc) is 3.17. The molecule has 8 nitrogen and oxygen atoms in total. The number of hydrogen-bond donors (Lipinski definition) is 0. The van der Waals surface area contributed by atoms with Crippen molar-refractivity contribution < 1.29 is 18.9 Å². The van der Waals surface area contributed by atoms with Crippen LogP contribution in [0.3, 0.4) is 0 Å². The standard InChI is InChI=1S/C25H33ClN4O4SSi/c1-16(2)35-25-28-23(18-10-21(34-15-31-3)20(32-4)11-19(18)26)22-17(12-27)13-30(24(22)29-25)14-33-8-9-36(5,6)7/h10-11,13,16H,8-9,14-15H2,1-7H3. The molecule has 1 aromatic carbocycles. The molecule has 0 fully saturated rings. The number of rotatable bonds is 12. The van der Waals surface area contributed by atoms with Gasteiger partial charge in [0.25, 0.3) is 0 Å². The summed E-state index contributed by atoms with van der Waals surface area (Å²) in [5, 5.41) is 11.9. The molecule has 0 unspecified atom stereocenters. The summed E-state index contributed by atoms with van der Waals surface area (Å²) in [6.45, 7) is 12.1. The molecule has 3 rings (SSSR count). The van der Waals surface area contributed by atoms with Gasteiger partial charge in [-0.05, 0) is 12.1 Å². The highest BCUT2D eigenvalue weighted by Gasteiger charge is 2.23. The van der Waals surface area contributed by atoms with Gasteiger partial charge in [-0.1, -0.05) is 56.9 Å². The van der Waals surface area contributed by atoms with E-state index in [9.17, 15) is 5.26 Å². The Balaban J connectivity index is 2.17. The molecule has 3 aromatic rings. The quantitative estimate of drug-likeness (QED) is 0.0840. The van der Waals surface area contributed by atoms with E-state index in [-0.39, 0.29) is 12.0 Å². The van der Waals surface area contributed by atoms with Crippen LogP contribution in [0.15, 0.2) is 23.5 Å². The van der Waals surface area contributed by atoms with Crippen LogP contribution in [0.1, 0.15) is 19.4 Å². The first-order valence-electron chi connectivity index (χ1n) is 11.6. The van der Waals surface area contributed by atoms with Crippen molar-refractivity contribution in [2.75, 3.05) is 27.6 Å². The van der Waals surface area contributed by atoms with Crippen molar-refractivity contribution in [1.29, 1.82) is 5.26 Å². The minimum absolute atomic E-state index is 0.0413. The Kier molecular flexibility index (Phi) is 9.66. The molecule has 0 aliphatic rings. The molecule has 0 bridgehead atoms. The van der Waals surface area contributed by atoms with Gasteiger partial charge in [-0.15, -0.1) is 0 Å². The second-order valence-electron chi connectivity index (χ2n) is 9.73. The molecule has 0 N–H and O–H groups in total. The number of hydrogen-bond acceptors (Lipinski definition) is 8. The van der Waals surface area contributed by atoms with Gasteiger partial charge in [0.05, 0.1) is 28.8 Å². The molecule has 0 saturated carbocycles. The van der Waals surface area contributed by atoms with Crippen molar-refractivity contribution in [1.82, 2.24) is 14.5 Å². The maximum Gasteiger partial charge on any atom is 0.190 e. The Labute approximate surface area is 222 Å². The second kappa shape index (κ2) is 12.3. The van der Waals surface area contributed by atoms with Crippen LogP contribution in [0.25, 0.3) is 22.3 Å². The Morgan fingerprint density at radius 2 is 1.92 bits per heavy atom. The summed E-state index contributed by atoms with van der Waals surface area (Å²) in [6.07, 6.45) is 1.76. The molecule has 0 amide bonds. The first-order chi connectivity index (χ1) is 17.1. The molecule has 0 spiro atoms. The highest BCUT2D eigenvalue weighted by Crippen LogP contribution is 2.41. The highest BCUT2D eigenvalue weighted by molar-refractivity contribution is 7.99. The van der Waals surface area contributed by atoms with Crippen molar-refractivity contribution in [3.63, 3.8) is 0 Å². The Bertz CT molecular complexity index is 1250. The van der Waals surface area contributed by atoms with Gasteiger partial charge in [-0.3, -0.25) is 0 Å². The monoisotopic (exact) mass is 548 g/mol. The number of methoxy groups -OCH3 is 2. The van der Waals surface area contributed by atoms with E-state index in [4.69, 9.17) is 40.5 Å². The van der Waals surface area contributed by atoms with Crippen LogP contribution in [-0.2, 0) is 16.2 Å². The first kappa shape index (κ1) is 28.3. The van der Waals surface area contributed by atoms with Crippen molar-refractivity contribution in [3.8, 4) is 28.8 Å². The first-order valence-corrected chi connectivity index (χ1v) is 16.6. The van der Waals surface area contributed by atoms with Gasteiger partial charge < -0.3 is 23.5 Å². The van der Waals surface area contributed by atoms with Crippen LogP contribution in [0, 0.1) is 11.3 Å². The Hall–Kier alpha value is -2.29. The molecule has 0 aliphatic heterocycles. The van der Waals surface area contributed by atoms with Crippen molar-refractivity contribution in [2.45, 2.75) is 56.7 Å². The van der Waals surface area contributed by atoms with Gasteiger partial charge in [-0.25, -0.2) is 9.97 Å². The fraction of sp³-hybridized carbons (Fsp3) is 0.480. The SMILES string of the molecule is COCOc1cc(-c2nc(SC(C)C)nc3c2c(C#N)cn3COCC[Si](C)(C)C)c(Cl)cc1OC. The van der Waals surface area contributed by atoms with Crippen molar-refractivity contribution in [3.05, 3.63) is 28.9 Å². The summed E-state index contributed by atoms with van der Waals surface area (Å²) < 4.78 is 24.1. The number of fused-ring (bicyclic) bond motifs is 1. The fourth-order valence-electron chi connectivity index (χ4n) is 3.46. The number of nitriles is 1. The Morgan fingerprint density at radius 3 is 2.53 bits per heavy atom. The molecule has 194 valence electrons. The lowest BCUT2D eigenvalue weighted by molar-refractivity contribution is 0.0492. The number of halogens is 1. The molecule has 0 radical (unpaired) electrons. The zero-order chi connectivity index (χ0) is 26.5. The molecule has 2 aromatic heterocycles. The van der Waals surface area contributed by atoms with Gasteiger partial charge in [0.2, 0.25) is 0 Å². The molecular weight excluding hydrogens is 516 g/mol. The highest BCUT2D eigenvalue weighted by atomic mass is 35.5. The van der Waals surface area contributed by atoms with Crippen LogP contribution >= 0.6 is 23.4 Å². The van der Waals surface area contributed by atoms with Crippen molar-refractivity contribution in [2.24, 2.45) is 0 Å². The van der Waals surface area contributed by atoms with Crippen LogP contribution in [-0.4, -0.2) is 55.5 Å². The maximum absolute atomic E-state index is 9.98.